The Labute approximate surface area is 158 Å². The van der Waals surface area contributed by atoms with Crippen LogP contribution in [0.3, 0.4) is 0 Å². The molecule has 2 atom stereocenters. The fourth-order valence-corrected chi connectivity index (χ4v) is 3.99. The third kappa shape index (κ3) is 2.41. The van der Waals surface area contributed by atoms with E-state index < -0.39 is 6.23 Å². The molecule has 0 saturated carbocycles. The summed E-state index contributed by atoms with van der Waals surface area (Å²) in [6, 6.07) is 17.0. The molecule has 26 heavy (non-hydrogen) atoms. The monoisotopic (exact) mass is 410 g/mol. The number of para-hydroxylation sites is 1. The van der Waals surface area contributed by atoms with E-state index in [2.05, 4.69) is 22.0 Å². The number of rotatable bonds is 2. The Bertz CT molecular complexity index is 1000. The van der Waals surface area contributed by atoms with Crippen molar-refractivity contribution in [3.05, 3.63) is 82.2 Å². The van der Waals surface area contributed by atoms with Crippen LogP contribution in [0.5, 0.6) is 11.5 Å². The maximum atomic E-state index is 9.96. The summed E-state index contributed by atoms with van der Waals surface area (Å²) < 4.78 is 12.7. The molecule has 1 aromatic heterocycles. The zero-order valence-corrected chi connectivity index (χ0v) is 15.3. The number of benzene rings is 2. The minimum absolute atomic E-state index is 0.0549. The highest BCUT2D eigenvalue weighted by atomic mass is 79.9. The number of halogens is 1. The van der Waals surface area contributed by atoms with Gasteiger partial charge in [0.25, 0.3) is 0 Å². The van der Waals surface area contributed by atoms with E-state index in [4.69, 9.17) is 14.3 Å². The van der Waals surface area contributed by atoms with Crippen molar-refractivity contribution < 1.29 is 14.3 Å². The van der Waals surface area contributed by atoms with Gasteiger partial charge in [-0.05, 0) is 36.4 Å². The van der Waals surface area contributed by atoms with E-state index in [-0.39, 0.29) is 11.8 Å². The van der Waals surface area contributed by atoms with Crippen LogP contribution in [-0.2, 0) is 0 Å². The minimum atomic E-state index is -0.441. The van der Waals surface area contributed by atoms with Gasteiger partial charge in [0.05, 0.1) is 12.3 Å². The number of ether oxygens (including phenoxy) is 1. The molecular weight excluding hydrogens is 396 g/mol. The normalized spacial score (nSPS) is 21.0. The molecule has 0 spiro atoms. The van der Waals surface area contributed by atoms with Gasteiger partial charge in [0.1, 0.15) is 23.0 Å². The van der Waals surface area contributed by atoms with E-state index in [0.717, 1.165) is 39.2 Å². The smallest absolute Gasteiger partial charge is 0.215 e. The van der Waals surface area contributed by atoms with Crippen molar-refractivity contribution in [1.29, 1.82) is 0 Å². The maximum absolute atomic E-state index is 9.96. The maximum Gasteiger partial charge on any atom is 0.215 e. The topological polar surface area (TPSA) is 58.2 Å². The number of nitrogens with zero attached hydrogens (tertiary/aromatic N) is 2. The van der Waals surface area contributed by atoms with Gasteiger partial charge in [-0.25, -0.2) is 5.01 Å². The van der Waals surface area contributed by atoms with Crippen LogP contribution in [0.1, 0.15) is 35.6 Å². The standard InChI is InChI=1S/C20H15BrN2O3/c21-15-8-7-12(24)10-14(15)20-23-17(13-4-1-2-5-18(13)26-20)11-16(22-23)19-6-3-9-25-19/h1-10,17,20,24H,11H2. The summed E-state index contributed by atoms with van der Waals surface area (Å²) in [5, 5.41) is 16.7. The first-order chi connectivity index (χ1) is 12.7. The highest BCUT2D eigenvalue weighted by molar-refractivity contribution is 9.10. The first kappa shape index (κ1) is 15.5. The van der Waals surface area contributed by atoms with Crippen molar-refractivity contribution in [2.75, 3.05) is 0 Å². The Morgan fingerprint density at radius 3 is 2.81 bits per heavy atom. The van der Waals surface area contributed by atoms with Crippen LogP contribution in [0.25, 0.3) is 0 Å². The number of fused-ring (bicyclic) bond motifs is 3. The van der Waals surface area contributed by atoms with Gasteiger partial charge in [-0.3, -0.25) is 0 Å². The van der Waals surface area contributed by atoms with Gasteiger partial charge < -0.3 is 14.3 Å². The molecular formula is C20H15BrN2O3. The largest absolute Gasteiger partial charge is 0.508 e. The molecule has 2 aliphatic heterocycles. The lowest BCUT2D eigenvalue weighted by atomic mass is 9.97. The van der Waals surface area contributed by atoms with Crippen molar-refractivity contribution in [2.24, 2.45) is 5.10 Å². The van der Waals surface area contributed by atoms with E-state index in [0.29, 0.717) is 0 Å². The molecule has 5 nitrogen and oxygen atoms in total. The van der Waals surface area contributed by atoms with Crippen LogP contribution >= 0.6 is 15.9 Å². The fourth-order valence-electron chi connectivity index (χ4n) is 3.55. The number of hydrazone groups is 1. The third-order valence-electron chi connectivity index (χ3n) is 4.75. The van der Waals surface area contributed by atoms with Gasteiger partial charge in [-0.1, -0.05) is 34.1 Å². The second-order valence-corrected chi connectivity index (χ2v) is 7.19. The van der Waals surface area contributed by atoms with E-state index in [1.807, 2.05) is 41.4 Å². The second-order valence-electron chi connectivity index (χ2n) is 6.34. The first-order valence-corrected chi connectivity index (χ1v) is 9.14. The van der Waals surface area contributed by atoms with Gasteiger partial charge in [0.2, 0.25) is 6.23 Å². The zero-order valence-electron chi connectivity index (χ0n) is 13.7. The highest BCUT2D eigenvalue weighted by Crippen LogP contribution is 2.48. The van der Waals surface area contributed by atoms with Gasteiger partial charge in [-0.2, -0.15) is 5.10 Å². The van der Waals surface area contributed by atoms with Crippen LogP contribution in [-0.4, -0.2) is 15.8 Å². The first-order valence-electron chi connectivity index (χ1n) is 8.34. The molecule has 0 fully saturated rings. The quantitative estimate of drug-likeness (QED) is 0.646. The van der Waals surface area contributed by atoms with Crippen molar-refractivity contribution in [3.63, 3.8) is 0 Å². The van der Waals surface area contributed by atoms with Gasteiger partial charge in [-0.15, -0.1) is 0 Å². The lowest BCUT2D eigenvalue weighted by Crippen LogP contribution is -2.33. The molecule has 1 N–H and O–H groups in total. The molecule has 0 aliphatic carbocycles. The number of aromatic hydroxyl groups is 1. The molecule has 0 radical (unpaired) electrons. The Morgan fingerprint density at radius 1 is 1.08 bits per heavy atom. The molecule has 3 aromatic rings. The molecule has 3 heterocycles. The summed E-state index contributed by atoms with van der Waals surface area (Å²) in [6.45, 7) is 0. The van der Waals surface area contributed by atoms with Crippen LogP contribution in [0, 0.1) is 0 Å². The van der Waals surface area contributed by atoms with Crippen LogP contribution < -0.4 is 4.74 Å². The summed E-state index contributed by atoms with van der Waals surface area (Å²) in [5.41, 5.74) is 2.82. The summed E-state index contributed by atoms with van der Waals surface area (Å²) in [5.74, 6) is 1.80. The van der Waals surface area contributed by atoms with Crippen molar-refractivity contribution in [3.8, 4) is 11.5 Å². The zero-order chi connectivity index (χ0) is 17.7. The van der Waals surface area contributed by atoms with Crippen molar-refractivity contribution >= 4 is 21.6 Å². The van der Waals surface area contributed by atoms with Crippen LogP contribution in [0.15, 0.2) is 74.9 Å². The summed E-state index contributed by atoms with van der Waals surface area (Å²) in [4.78, 5) is 0. The average molecular weight is 411 g/mol. The predicted octanol–water partition coefficient (Wildman–Crippen LogP) is 4.99. The molecule has 6 heteroatoms. The number of hydrogen-bond acceptors (Lipinski definition) is 5. The molecule has 2 aliphatic rings. The summed E-state index contributed by atoms with van der Waals surface area (Å²) in [6.07, 6.45) is 1.95. The molecule has 2 aromatic carbocycles. The average Bonchev–Trinajstić information content (AvgIpc) is 3.32. The van der Waals surface area contributed by atoms with Gasteiger partial charge in [0, 0.05) is 22.0 Å². The number of hydrogen-bond donors (Lipinski definition) is 1. The Kier molecular flexibility index (Phi) is 3.53. The van der Waals surface area contributed by atoms with E-state index in [1.165, 1.54) is 0 Å². The van der Waals surface area contributed by atoms with Crippen LogP contribution in [0.4, 0.5) is 0 Å². The molecule has 130 valence electrons. The molecule has 5 rings (SSSR count). The Hall–Kier alpha value is -2.73. The Morgan fingerprint density at radius 2 is 1.96 bits per heavy atom. The van der Waals surface area contributed by atoms with Gasteiger partial charge >= 0.3 is 0 Å². The van der Waals surface area contributed by atoms with E-state index >= 15 is 0 Å². The molecule has 0 amide bonds. The lowest BCUT2D eigenvalue weighted by Gasteiger charge is -2.38. The predicted molar refractivity (Wildman–Crippen MR) is 100 cm³/mol. The third-order valence-corrected chi connectivity index (χ3v) is 5.47. The highest BCUT2D eigenvalue weighted by Gasteiger charge is 2.42. The Balaban J connectivity index is 1.64. The molecule has 0 bridgehead atoms. The number of phenolic OH excluding ortho intramolecular Hbond substituents is 1. The van der Waals surface area contributed by atoms with Crippen LogP contribution in [0.2, 0.25) is 0 Å². The molecule has 2 unspecified atom stereocenters. The SMILES string of the molecule is Oc1ccc(Br)c(C2Oc3ccccc3C3CC(c4ccco4)=NN32)c1. The fraction of sp³-hybridized carbons (Fsp3) is 0.150. The lowest BCUT2D eigenvalue weighted by molar-refractivity contribution is -0.0196. The van der Waals surface area contributed by atoms with Crippen molar-refractivity contribution in [1.82, 2.24) is 5.01 Å². The number of furan rings is 1. The molecule has 0 saturated heterocycles. The van der Waals surface area contributed by atoms with E-state index in [9.17, 15) is 5.11 Å². The van der Waals surface area contributed by atoms with Gasteiger partial charge in [0.15, 0.2) is 0 Å². The van der Waals surface area contributed by atoms with Crippen molar-refractivity contribution in [2.45, 2.75) is 18.7 Å². The van der Waals surface area contributed by atoms with E-state index in [1.54, 1.807) is 18.4 Å². The number of phenols is 1. The summed E-state index contributed by atoms with van der Waals surface area (Å²) >= 11 is 3.57. The minimum Gasteiger partial charge on any atom is -0.508 e. The summed E-state index contributed by atoms with van der Waals surface area (Å²) in [7, 11) is 0. The second kappa shape index (κ2) is 5.92.